The van der Waals surface area contributed by atoms with E-state index in [9.17, 15) is 0 Å². The molecule has 1 aromatic heterocycles. The normalized spacial score (nSPS) is 17.9. The van der Waals surface area contributed by atoms with Gasteiger partial charge in [-0.3, -0.25) is 0 Å². The molecule has 1 aromatic rings. The average molecular weight is 192 g/mol. The Balaban J connectivity index is 2.38. The van der Waals surface area contributed by atoms with Gasteiger partial charge in [-0.15, -0.1) is 0 Å². The zero-order chi connectivity index (χ0) is 10.2. The fourth-order valence-electron chi connectivity index (χ4n) is 1.81. The van der Waals surface area contributed by atoms with Crippen LogP contribution in [-0.4, -0.2) is 18.6 Å². The summed E-state index contributed by atoms with van der Waals surface area (Å²) in [6.07, 6.45) is 2.38. The Hall–Kier alpha value is -1.09. The second kappa shape index (κ2) is 3.24. The Morgan fingerprint density at radius 1 is 1.50 bits per heavy atom. The van der Waals surface area contributed by atoms with E-state index in [1.54, 1.807) is 7.11 Å². The molecule has 14 heavy (non-hydrogen) atoms. The van der Waals surface area contributed by atoms with Gasteiger partial charge in [0.25, 0.3) is 0 Å². The monoisotopic (exact) mass is 192 g/mol. The summed E-state index contributed by atoms with van der Waals surface area (Å²) in [5.74, 6) is 0.694. The van der Waals surface area contributed by atoms with Gasteiger partial charge >= 0.3 is 0 Å². The van der Waals surface area contributed by atoms with Crippen LogP contribution in [0.1, 0.15) is 24.1 Å². The first-order valence-electron chi connectivity index (χ1n) is 4.93. The lowest BCUT2D eigenvalue weighted by Gasteiger charge is -2.14. The van der Waals surface area contributed by atoms with Crippen molar-refractivity contribution in [2.75, 3.05) is 13.7 Å². The topological polar surface area (TPSA) is 48.1 Å². The van der Waals surface area contributed by atoms with Gasteiger partial charge in [-0.2, -0.15) is 0 Å². The first-order valence-corrected chi connectivity index (χ1v) is 4.93. The summed E-state index contributed by atoms with van der Waals surface area (Å²) < 4.78 is 5.15. The Morgan fingerprint density at radius 2 is 2.21 bits per heavy atom. The van der Waals surface area contributed by atoms with Crippen LogP contribution in [0.4, 0.5) is 0 Å². The van der Waals surface area contributed by atoms with Gasteiger partial charge < -0.3 is 10.5 Å². The maximum absolute atomic E-state index is 5.78. The fraction of sp³-hybridized carbons (Fsp3) is 0.545. The van der Waals surface area contributed by atoms with Crippen molar-refractivity contribution >= 4 is 0 Å². The Kier molecular flexibility index (Phi) is 2.19. The predicted octanol–water partition coefficient (Wildman–Crippen LogP) is 1.39. The second-order valence-electron chi connectivity index (χ2n) is 4.02. The van der Waals surface area contributed by atoms with Crippen molar-refractivity contribution in [3.05, 3.63) is 23.4 Å². The largest absolute Gasteiger partial charge is 0.481 e. The Bertz CT molecular complexity index is 345. The molecule has 0 aromatic carbocycles. The Labute approximate surface area is 84.3 Å². The van der Waals surface area contributed by atoms with Crippen LogP contribution in [0.15, 0.2) is 12.1 Å². The van der Waals surface area contributed by atoms with Crippen molar-refractivity contribution in [3.8, 4) is 5.88 Å². The van der Waals surface area contributed by atoms with E-state index in [0.29, 0.717) is 5.88 Å². The predicted molar refractivity (Wildman–Crippen MR) is 55.5 cm³/mol. The number of pyridine rings is 1. The molecule has 0 amide bonds. The third-order valence-corrected chi connectivity index (χ3v) is 3.00. The standard InChI is InChI=1S/C11H16N2O/c1-8-5-9(6-10(13-8)14-2)11(7-12)3-4-11/h5-6H,3-4,7,12H2,1-2H3. The highest BCUT2D eigenvalue weighted by Gasteiger charge is 2.43. The van der Waals surface area contributed by atoms with Crippen molar-refractivity contribution in [3.63, 3.8) is 0 Å². The molecule has 2 rings (SSSR count). The van der Waals surface area contributed by atoms with E-state index in [1.807, 2.05) is 13.0 Å². The first kappa shape index (κ1) is 9.46. The van der Waals surface area contributed by atoms with Gasteiger partial charge in [-0.25, -0.2) is 4.98 Å². The number of rotatable bonds is 3. The van der Waals surface area contributed by atoms with Crippen molar-refractivity contribution in [2.45, 2.75) is 25.2 Å². The van der Waals surface area contributed by atoms with Gasteiger partial charge in [0.2, 0.25) is 5.88 Å². The number of aromatic nitrogens is 1. The van der Waals surface area contributed by atoms with Crippen LogP contribution >= 0.6 is 0 Å². The summed E-state index contributed by atoms with van der Waals surface area (Å²) in [4.78, 5) is 4.26. The third-order valence-electron chi connectivity index (χ3n) is 3.00. The van der Waals surface area contributed by atoms with Gasteiger partial charge in [0.05, 0.1) is 7.11 Å². The summed E-state index contributed by atoms with van der Waals surface area (Å²) >= 11 is 0. The zero-order valence-corrected chi connectivity index (χ0v) is 8.71. The summed E-state index contributed by atoms with van der Waals surface area (Å²) in [6.45, 7) is 2.71. The molecular weight excluding hydrogens is 176 g/mol. The summed E-state index contributed by atoms with van der Waals surface area (Å²) in [7, 11) is 1.65. The Morgan fingerprint density at radius 3 is 2.71 bits per heavy atom. The minimum atomic E-state index is 0.223. The molecule has 1 saturated carbocycles. The zero-order valence-electron chi connectivity index (χ0n) is 8.71. The quantitative estimate of drug-likeness (QED) is 0.787. The van der Waals surface area contributed by atoms with Gasteiger partial charge in [0.15, 0.2) is 0 Å². The highest BCUT2D eigenvalue weighted by atomic mass is 16.5. The lowest BCUT2D eigenvalue weighted by molar-refractivity contribution is 0.395. The van der Waals surface area contributed by atoms with Crippen LogP contribution in [-0.2, 0) is 5.41 Å². The van der Waals surface area contributed by atoms with Gasteiger partial charge in [0, 0.05) is 23.7 Å². The minimum absolute atomic E-state index is 0.223. The average Bonchev–Trinajstić information content (AvgIpc) is 2.97. The van der Waals surface area contributed by atoms with E-state index in [1.165, 1.54) is 18.4 Å². The number of nitrogens with two attached hydrogens (primary N) is 1. The molecule has 1 aliphatic rings. The maximum atomic E-state index is 5.78. The summed E-state index contributed by atoms with van der Waals surface area (Å²) in [5.41, 5.74) is 8.29. The molecular formula is C11H16N2O. The number of hydrogen-bond acceptors (Lipinski definition) is 3. The number of hydrogen-bond donors (Lipinski definition) is 1. The molecule has 1 fully saturated rings. The van der Waals surface area contributed by atoms with Crippen molar-refractivity contribution in [2.24, 2.45) is 5.73 Å². The number of aryl methyl sites for hydroxylation is 1. The van der Waals surface area contributed by atoms with Crippen molar-refractivity contribution in [1.29, 1.82) is 0 Å². The molecule has 1 aliphatic carbocycles. The van der Waals surface area contributed by atoms with E-state index in [4.69, 9.17) is 10.5 Å². The molecule has 3 heteroatoms. The van der Waals surface area contributed by atoms with E-state index in [0.717, 1.165) is 12.2 Å². The van der Waals surface area contributed by atoms with Crippen LogP contribution in [0.2, 0.25) is 0 Å². The lowest BCUT2D eigenvalue weighted by Crippen LogP contribution is -2.20. The third kappa shape index (κ3) is 1.48. The molecule has 1 heterocycles. The van der Waals surface area contributed by atoms with Crippen LogP contribution < -0.4 is 10.5 Å². The van der Waals surface area contributed by atoms with E-state index in [2.05, 4.69) is 11.1 Å². The lowest BCUT2D eigenvalue weighted by atomic mass is 9.96. The van der Waals surface area contributed by atoms with E-state index in [-0.39, 0.29) is 5.41 Å². The molecule has 0 radical (unpaired) electrons. The van der Waals surface area contributed by atoms with Crippen molar-refractivity contribution < 1.29 is 4.74 Å². The minimum Gasteiger partial charge on any atom is -0.481 e. The molecule has 76 valence electrons. The number of methoxy groups -OCH3 is 1. The van der Waals surface area contributed by atoms with Crippen molar-refractivity contribution in [1.82, 2.24) is 4.98 Å². The molecule has 0 aliphatic heterocycles. The van der Waals surface area contributed by atoms with Gasteiger partial charge in [-0.05, 0) is 31.4 Å². The molecule has 0 atom stereocenters. The molecule has 0 saturated heterocycles. The molecule has 3 nitrogen and oxygen atoms in total. The highest BCUT2D eigenvalue weighted by molar-refractivity contribution is 5.36. The van der Waals surface area contributed by atoms with Gasteiger partial charge in [-0.1, -0.05) is 0 Å². The first-order chi connectivity index (χ1) is 6.70. The fourth-order valence-corrected chi connectivity index (χ4v) is 1.81. The highest BCUT2D eigenvalue weighted by Crippen LogP contribution is 2.47. The van der Waals surface area contributed by atoms with Crippen LogP contribution in [0.25, 0.3) is 0 Å². The molecule has 0 unspecified atom stereocenters. The summed E-state index contributed by atoms with van der Waals surface area (Å²) in [5, 5.41) is 0. The molecule has 0 spiro atoms. The number of ether oxygens (including phenoxy) is 1. The van der Waals surface area contributed by atoms with Gasteiger partial charge in [0.1, 0.15) is 0 Å². The van der Waals surface area contributed by atoms with E-state index >= 15 is 0 Å². The van der Waals surface area contributed by atoms with E-state index < -0.39 is 0 Å². The van der Waals surface area contributed by atoms with Crippen LogP contribution in [0.5, 0.6) is 5.88 Å². The van der Waals surface area contributed by atoms with Crippen LogP contribution in [0, 0.1) is 6.92 Å². The molecule has 0 bridgehead atoms. The maximum Gasteiger partial charge on any atom is 0.213 e. The smallest absolute Gasteiger partial charge is 0.213 e. The second-order valence-corrected chi connectivity index (χ2v) is 4.02. The molecule has 2 N–H and O–H groups in total. The number of nitrogens with zero attached hydrogens (tertiary/aromatic N) is 1. The SMILES string of the molecule is COc1cc(C2(CN)CC2)cc(C)n1. The van der Waals surface area contributed by atoms with Crippen LogP contribution in [0.3, 0.4) is 0 Å². The summed E-state index contributed by atoms with van der Waals surface area (Å²) in [6, 6.07) is 4.12.